The summed E-state index contributed by atoms with van der Waals surface area (Å²) in [6.45, 7) is 7.90. The summed E-state index contributed by atoms with van der Waals surface area (Å²) in [6, 6.07) is 21.7. The number of aryl methyl sites for hydroxylation is 1. The Balaban J connectivity index is 1.91. The highest BCUT2D eigenvalue weighted by molar-refractivity contribution is 7.92. The summed E-state index contributed by atoms with van der Waals surface area (Å²) in [5.41, 5.74) is 4.05. The van der Waals surface area contributed by atoms with E-state index in [4.69, 9.17) is 11.6 Å². The second-order valence-electron chi connectivity index (χ2n) is 10.6. The van der Waals surface area contributed by atoms with Crippen LogP contribution < -0.4 is 9.62 Å². The predicted octanol–water partition coefficient (Wildman–Crippen LogP) is 5.67. The molecule has 0 aliphatic heterocycles. The highest BCUT2D eigenvalue weighted by Crippen LogP contribution is 2.28. The van der Waals surface area contributed by atoms with Crippen LogP contribution in [0.5, 0.6) is 0 Å². The minimum absolute atomic E-state index is 0.0672. The Morgan fingerprint density at radius 2 is 1.59 bits per heavy atom. The van der Waals surface area contributed by atoms with E-state index in [0.29, 0.717) is 22.7 Å². The third kappa shape index (κ3) is 9.07. The Morgan fingerprint density at radius 3 is 2.22 bits per heavy atom. The minimum Gasteiger partial charge on any atom is -0.352 e. The van der Waals surface area contributed by atoms with Crippen LogP contribution in [0.1, 0.15) is 48.9 Å². The van der Waals surface area contributed by atoms with Crippen LogP contribution in [0.25, 0.3) is 0 Å². The van der Waals surface area contributed by atoms with E-state index in [1.807, 2.05) is 75.4 Å². The smallest absolute Gasteiger partial charge is 0.243 e. The van der Waals surface area contributed by atoms with Gasteiger partial charge in [0.2, 0.25) is 21.8 Å². The molecule has 3 aromatic carbocycles. The van der Waals surface area contributed by atoms with E-state index in [-0.39, 0.29) is 43.8 Å². The number of amides is 2. The van der Waals surface area contributed by atoms with Gasteiger partial charge in [-0.15, -0.1) is 0 Å². The van der Waals surface area contributed by atoms with Crippen molar-refractivity contribution in [3.8, 4) is 0 Å². The van der Waals surface area contributed by atoms with Crippen molar-refractivity contribution < 1.29 is 18.0 Å². The Labute approximate surface area is 249 Å². The molecule has 0 fully saturated rings. The summed E-state index contributed by atoms with van der Waals surface area (Å²) in [6.07, 6.45) is 1.84. The van der Waals surface area contributed by atoms with E-state index >= 15 is 0 Å². The lowest BCUT2D eigenvalue weighted by Gasteiger charge is -2.33. The van der Waals surface area contributed by atoms with Crippen molar-refractivity contribution in [3.05, 3.63) is 100 Å². The summed E-state index contributed by atoms with van der Waals surface area (Å²) >= 11 is 6.27. The number of hydrogen-bond donors (Lipinski definition) is 1. The topological polar surface area (TPSA) is 86.8 Å². The predicted molar refractivity (Wildman–Crippen MR) is 167 cm³/mol. The molecular weight excluding hydrogens is 558 g/mol. The summed E-state index contributed by atoms with van der Waals surface area (Å²) in [7, 11) is -3.63. The Bertz CT molecular complexity index is 1440. The van der Waals surface area contributed by atoms with E-state index in [0.717, 1.165) is 22.9 Å². The van der Waals surface area contributed by atoms with Crippen LogP contribution in [0.2, 0.25) is 5.02 Å². The molecule has 220 valence electrons. The molecule has 0 saturated heterocycles. The average Bonchev–Trinajstić information content (AvgIpc) is 2.91. The van der Waals surface area contributed by atoms with Crippen molar-refractivity contribution in [2.75, 3.05) is 17.1 Å². The first-order valence-corrected chi connectivity index (χ1v) is 16.0. The Hall–Kier alpha value is -3.36. The number of hydrogen-bond acceptors (Lipinski definition) is 4. The Kier molecular flexibility index (Phi) is 11.4. The largest absolute Gasteiger partial charge is 0.352 e. The van der Waals surface area contributed by atoms with Crippen LogP contribution in [0, 0.1) is 13.8 Å². The third-order valence-electron chi connectivity index (χ3n) is 6.96. The maximum atomic E-state index is 13.9. The summed E-state index contributed by atoms with van der Waals surface area (Å²) in [5.74, 6) is -0.442. The molecular formula is C32H40ClN3O4S. The van der Waals surface area contributed by atoms with Crippen molar-refractivity contribution >= 4 is 39.1 Å². The highest BCUT2D eigenvalue weighted by Gasteiger charge is 2.31. The van der Waals surface area contributed by atoms with Gasteiger partial charge in [-0.1, -0.05) is 72.3 Å². The zero-order valence-corrected chi connectivity index (χ0v) is 26.0. The number of sulfonamides is 1. The van der Waals surface area contributed by atoms with E-state index < -0.39 is 16.1 Å². The van der Waals surface area contributed by atoms with Gasteiger partial charge in [0.1, 0.15) is 6.04 Å². The maximum Gasteiger partial charge on any atom is 0.243 e. The molecule has 3 aromatic rings. The van der Waals surface area contributed by atoms with Gasteiger partial charge in [-0.05, 0) is 68.5 Å². The average molecular weight is 598 g/mol. The second-order valence-corrected chi connectivity index (χ2v) is 13.0. The molecule has 0 aliphatic rings. The van der Waals surface area contributed by atoms with Gasteiger partial charge in [0.05, 0.1) is 11.9 Å². The molecule has 0 radical (unpaired) electrons. The standard InChI is InChI=1S/C32H40ClN3O4S/c1-23(2)34-32(38)30(21-26-14-7-6-8-15-26)35(22-27-16-10-9-13-24(27)3)31(37)19-12-20-36(41(5,39)40)29-18-11-17-28(33)25(29)4/h6-11,13-18,23,30H,12,19-22H2,1-5H3,(H,34,38)/t30-/m0/s1. The third-order valence-corrected chi connectivity index (χ3v) is 8.55. The molecule has 9 heteroatoms. The first kappa shape index (κ1) is 32.2. The number of carbonyl (C=O) groups excluding carboxylic acids is 2. The molecule has 0 saturated carbocycles. The molecule has 0 aliphatic carbocycles. The number of anilines is 1. The molecule has 41 heavy (non-hydrogen) atoms. The molecule has 0 spiro atoms. The number of nitrogens with zero attached hydrogens (tertiary/aromatic N) is 2. The molecule has 1 N–H and O–H groups in total. The SMILES string of the molecule is Cc1ccccc1CN(C(=O)CCCN(c1cccc(Cl)c1C)S(C)(=O)=O)[C@@H](Cc1ccccc1)C(=O)NC(C)C. The van der Waals surface area contributed by atoms with Crippen LogP contribution in [0.3, 0.4) is 0 Å². The van der Waals surface area contributed by atoms with Crippen molar-refractivity contribution in [1.82, 2.24) is 10.2 Å². The number of carbonyl (C=O) groups is 2. The van der Waals surface area contributed by atoms with Crippen LogP contribution in [-0.2, 0) is 32.6 Å². The molecule has 1 atom stereocenters. The Morgan fingerprint density at radius 1 is 0.927 bits per heavy atom. The van der Waals surface area contributed by atoms with Gasteiger partial charge in [0.15, 0.2) is 0 Å². The quantitative estimate of drug-likeness (QED) is 0.275. The van der Waals surface area contributed by atoms with Crippen LogP contribution in [0.4, 0.5) is 5.69 Å². The summed E-state index contributed by atoms with van der Waals surface area (Å²) in [4.78, 5) is 29.1. The molecule has 0 bridgehead atoms. The van der Waals surface area contributed by atoms with Crippen molar-refractivity contribution in [2.24, 2.45) is 0 Å². The van der Waals surface area contributed by atoms with E-state index in [1.54, 1.807) is 30.0 Å². The van der Waals surface area contributed by atoms with Gasteiger partial charge in [-0.25, -0.2) is 8.42 Å². The molecule has 3 rings (SSSR count). The normalized spacial score (nSPS) is 12.2. The molecule has 0 aromatic heterocycles. The second kappa shape index (κ2) is 14.5. The molecule has 7 nitrogen and oxygen atoms in total. The number of benzene rings is 3. The van der Waals surface area contributed by atoms with Crippen molar-refractivity contribution in [1.29, 1.82) is 0 Å². The fraction of sp³-hybridized carbons (Fsp3) is 0.375. The maximum absolute atomic E-state index is 13.9. The number of rotatable bonds is 13. The van der Waals surface area contributed by atoms with E-state index in [1.165, 1.54) is 4.31 Å². The van der Waals surface area contributed by atoms with Crippen molar-refractivity contribution in [3.63, 3.8) is 0 Å². The highest BCUT2D eigenvalue weighted by atomic mass is 35.5. The van der Waals surface area contributed by atoms with Crippen molar-refractivity contribution in [2.45, 2.75) is 65.6 Å². The zero-order chi connectivity index (χ0) is 30.2. The summed E-state index contributed by atoms with van der Waals surface area (Å²) < 4.78 is 26.7. The lowest BCUT2D eigenvalue weighted by Crippen LogP contribution is -2.52. The fourth-order valence-corrected chi connectivity index (χ4v) is 5.94. The summed E-state index contributed by atoms with van der Waals surface area (Å²) in [5, 5.41) is 3.46. The number of halogens is 1. The monoisotopic (exact) mass is 597 g/mol. The molecule has 2 amide bonds. The van der Waals surface area contributed by atoms with Gasteiger partial charge in [-0.2, -0.15) is 0 Å². The van der Waals surface area contributed by atoms with Crippen LogP contribution in [0.15, 0.2) is 72.8 Å². The van der Waals surface area contributed by atoms with Gasteiger partial charge < -0.3 is 10.2 Å². The van der Waals surface area contributed by atoms with Gasteiger partial charge >= 0.3 is 0 Å². The van der Waals surface area contributed by atoms with Gasteiger partial charge in [-0.3, -0.25) is 13.9 Å². The molecule has 0 heterocycles. The van der Waals surface area contributed by atoms with E-state index in [9.17, 15) is 18.0 Å². The fourth-order valence-electron chi connectivity index (χ4n) is 4.75. The zero-order valence-electron chi connectivity index (χ0n) is 24.4. The first-order valence-electron chi connectivity index (χ1n) is 13.8. The minimum atomic E-state index is -3.63. The van der Waals surface area contributed by atoms with Crippen LogP contribution >= 0.6 is 11.6 Å². The van der Waals surface area contributed by atoms with Gasteiger partial charge in [0, 0.05) is 37.0 Å². The van der Waals surface area contributed by atoms with E-state index in [2.05, 4.69) is 5.32 Å². The molecule has 0 unspecified atom stereocenters. The number of nitrogens with one attached hydrogen (secondary N) is 1. The van der Waals surface area contributed by atoms with Gasteiger partial charge in [0.25, 0.3) is 0 Å². The first-order chi connectivity index (χ1) is 19.4. The lowest BCUT2D eigenvalue weighted by atomic mass is 10.0. The van der Waals surface area contributed by atoms with Crippen LogP contribution in [-0.4, -0.2) is 50.0 Å². The lowest BCUT2D eigenvalue weighted by molar-refractivity contribution is -0.141.